The molecule has 0 aromatic heterocycles. The molecular weight excluding hydrogens is 254 g/mol. The number of hydrogen-bond acceptors (Lipinski definition) is 3. The Hall–Kier alpha value is -1.58. The Morgan fingerprint density at radius 3 is 2.45 bits per heavy atom. The second kappa shape index (κ2) is 6.25. The number of benzene rings is 1. The van der Waals surface area contributed by atoms with Gasteiger partial charge in [0.25, 0.3) is 5.69 Å². The van der Waals surface area contributed by atoms with Crippen molar-refractivity contribution in [1.82, 2.24) is 0 Å². The number of ether oxygens (including phenoxy) is 1. The van der Waals surface area contributed by atoms with E-state index in [2.05, 4.69) is 20.8 Å². The van der Waals surface area contributed by atoms with Crippen molar-refractivity contribution in [2.24, 2.45) is 17.8 Å². The van der Waals surface area contributed by atoms with Crippen molar-refractivity contribution in [3.05, 3.63) is 34.4 Å². The maximum atomic E-state index is 10.7. The van der Waals surface area contributed by atoms with Gasteiger partial charge in [0.1, 0.15) is 11.9 Å². The smallest absolute Gasteiger partial charge is 0.269 e. The molecule has 0 saturated heterocycles. The van der Waals surface area contributed by atoms with Crippen LogP contribution in [0.3, 0.4) is 0 Å². The van der Waals surface area contributed by atoms with Crippen molar-refractivity contribution in [3.8, 4) is 5.75 Å². The summed E-state index contributed by atoms with van der Waals surface area (Å²) < 4.78 is 6.11. The third-order valence-corrected chi connectivity index (χ3v) is 4.30. The quantitative estimate of drug-likeness (QED) is 0.604. The fourth-order valence-corrected chi connectivity index (χ4v) is 3.07. The third-order valence-electron chi connectivity index (χ3n) is 4.30. The van der Waals surface area contributed by atoms with Crippen molar-refractivity contribution in [2.45, 2.75) is 46.1 Å². The van der Waals surface area contributed by atoms with Crippen LogP contribution in [-0.2, 0) is 0 Å². The molecule has 0 unspecified atom stereocenters. The van der Waals surface area contributed by atoms with E-state index in [1.165, 1.54) is 25.0 Å². The molecule has 4 heteroatoms. The molecule has 0 radical (unpaired) electrons. The average molecular weight is 277 g/mol. The van der Waals surface area contributed by atoms with E-state index in [9.17, 15) is 10.1 Å². The Morgan fingerprint density at radius 2 is 1.90 bits per heavy atom. The van der Waals surface area contributed by atoms with Gasteiger partial charge in [0.15, 0.2) is 0 Å². The van der Waals surface area contributed by atoms with Crippen LogP contribution in [0.1, 0.15) is 40.0 Å². The van der Waals surface area contributed by atoms with Gasteiger partial charge in [-0.25, -0.2) is 0 Å². The van der Waals surface area contributed by atoms with Gasteiger partial charge < -0.3 is 4.74 Å². The van der Waals surface area contributed by atoms with E-state index >= 15 is 0 Å². The summed E-state index contributed by atoms with van der Waals surface area (Å²) in [5, 5.41) is 10.7. The number of nitrogens with zero attached hydrogens (tertiary/aromatic N) is 1. The molecule has 0 heterocycles. The third kappa shape index (κ3) is 3.50. The summed E-state index contributed by atoms with van der Waals surface area (Å²) >= 11 is 0. The second-order valence-electron chi connectivity index (χ2n) is 6.23. The molecule has 1 aromatic carbocycles. The van der Waals surface area contributed by atoms with E-state index in [0.29, 0.717) is 17.8 Å². The molecule has 0 bridgehead atoms. The SMILES string of the molecule is CC(C)[C@@H]1CC[C@@H](C)C[C@H]1Oc1ccc([N+](=O)[O-])cc1. The molecule has 1 fully saturated rings. The van der Waals surface area contributed by atoms with E-state index in [4.69, 9.17) is 4.74 Å². The summed E-state index contributed by atoms with van der Waals surface area (Å²) in [6.45, 7) is 6.75. The monoisotopic (exact) mass is 277 g/mol. The van der Waals surface area contributed by atoms with E-state index in [1.807, 2.05) is 0 Å². The summed E-state index contributed by atoms with van der Waals surface area (Å²) in [5.41, 5.74) is 0.106. The Kier molecular flexibility index (Phi) is 4.63. The molecule has 3 atom stereocenters. The van der Waals surface area contributed by atoms with Crippen molar-refractivity contribution >= 4 is 5.69 Å². The number of nitro groups is 1. The topological polar surface area (TPSA) is 52.4 Å². The highest BCUT2D eigenvalue weighted by atomic mass is 16.6. The highest BCUT2D eigenvalue weighted by Crippen LogP contribution is 2.36. The van der Waals surface area contributed by atoms with Gasteiger partial charge >= 0.3 is 0 Å². The predicted octanol–water partition coefficient (Wildman–Crippen LogP) is 4.43. The van der Waals surface area contributed by atoms with Crippen molar-refractivity contribution < 1.29 is 9.66 Å². The highest BCUT2D eigenvalue weighted by molar-refractivity contribution is 5.36. The van der Waals surface area contributed by atoms with Crippen LogP contribution in [0.5, 0.6) is 5.75 Å². The van der Waals surface area contributed by atoms with Crippen molar-refractivity contribution in [1.29, 1.82) is 0 Å². The summed E-state index contributed by atoms with van der Waals surface area (Å²) in [5.74, 6) is 2.60. The fourth-order valence-electron chi connectivity index (χ4n) is 3.07. The predicted molar refractivity (Wildman–Crippen MR) is 78.9 cm³/mol. The lowest BCUT2D eigenvalue weighted by Gasteiger charge is -2.37. The van der Waals surface area contributed by atoms with Gasteiger partial charge in [-0.15, -0.1) is 0 Å². The summed E-state index contributed by atoms with van der Waals surface area (Å²) in [4.78, 5) is 10.3. The molecular formula is C16H23NO3. The van der Waals surface area contributed by atoms with Crippen LogP contribution in [0.25, 0.3) is 0 Å². The van der Waals surface area contributed by atoms with Crippen LogP contribution >= 0.6 is 0 Å². The van der Waals surface area contributed by atoms with Crippen molar-refractivity contribution in [3.63, 3.8) is 0 Å². The summed E-state index contributed by atoms with van der Waals surface area (Å²) in [7, 11) is 0. The van der Waals surface area contributed by atoms with E-state index in [1.54, 1.807) is 12.1 Å². The van der Waals surface area contributed by atoms with Crippen LogP contribution in [0.15, 0.2) is 24.3 Å². The maximum absolute atomic E-state index is 10.7. The zero-order valence-corrected chi connectivity index (χ0v) is 12.4. The molecule has 20 heavy (non-hydrogen) atoms. The number of rotatable bonds is 4. The van der Waals surface area contributed by atoms with Crippen LogP contribution in [0.4, 0.5) is 5.69 Å². The van der Waals surface area contributed by atoms with Gasteiger partial charge in [0.05, 0.1) is 4.92 Å². The van der Waals surface area contributed by atoms with Crippen LogP contribution in [0.2, 0.25) is 0 Å². The molecule has 0 spiro atoms. The zero-order chi connectivity index (χ0) is 14.7. The summed E-state index contributed by atoms with van der Waals surface area (Å²) in [6, 6.07) is 6.42. The van der Waals surface area contributed by atoms with E-state index < -0.39 is 0 Å². The molecule has 1 saturated carbocycles. The average Bonchev–Trinajstić information content (AvgIpc) is 2.39. The van der Waals surface area contributed by atoms with Crippen LogP contribution in [0, 0.1) is 27.9 Å². The fraction of sp³-hybridized carbons (Fsp3) is 0.625. The summed E-state index contributed by atoms with van der Waals surface area (Å²) in [6.07, 6.45) is 3.76. The number of non-ortho nitro benzene ring substituents is 1. The van der Waals surface area contributed by atoms with Gasteiger partial charge in [-0.1, -0.05) is 27.2 Å². The Labute approximate surface area is 120 Å². The molecule has 0 N–H and O–H groups in total. The molecule has 1 aromatic rings. The minimum atomic E-state index is -0.386. The molecule has 1 aliphatic carbocycles. The first kappa shape index (κ1) is 14.8. The normalized spacial score (nSPS) is 26.5. The van der Waals surface area contributed by atoms with Gasteiger partial charge in [0, 0.05) is 12.1 Å². The Morgan fingerprint density at radius 1 is 1.25 bits per heavy atom. The van der Waals surface area contributed by atoms with Crippen molar-refractivity contribution in [2.75, 3.05) is 0 Å². The first-order valence-corrected chi connectivity index (χ1v) is 7.38. The lowest BCUT2D eigenvalue weighted by atomic mass is 9.75. The minimum Gasteiger partial charge on any atom is -0.490 e. The molecule has 0 amide bonds. The van der Waals surface area contributed by atoms with Gasteiger partial charge in [-0.3, -0.25) is 10.1 Å². The zero-order valence-electron chi connectivity index (χ0n) is 12.4. The molecule has 2 rings (SSSR count). The first-order valence-electron chi connectivity index (χ1n) is 7.38. The second-order valence-corrected chi connectivity index (χ2v) is 6.23. The lowest BCUT2D eigenvalue weighted by Crippen LogP contribution is -2.36. The minimum absolute atomic E-state index is 0.106. The van der Waals surface area contributed by atoms with E-state index in [0.717, 1.165) is 12.2 Å². The number of nitro benzene ring substituents is 1. The Bertz CT molecular complexity index is 455. The highest BCUT2D eigenvalue weighted by Gasteiger charge is 2.32. The molecule has 4 nitrogen and oxygen atoms in total. The standard InChI is InChI=1S/C16H23NO3/c1-11(2)15-9-4-12(3)10-16(15)20-14-7-5-13(6-8-14)17(18)19/h5-8,11-12,15-16H,4,9-10H2,1-3H3/t12-,15+,16-/m1/s1. The lowest BCUT2D eigenvalue weighted by molar-refractivity contribution is -0.384. The van der Waals surface area contributed by atoms with E-state index in [-0.39, 0.29) is 16.7 Å². The molecule has 0 aliphatic heterocycles. The molecule has 110 valence electrons. The van der Waals surface area contributed by atoms with Crippen LogP contribution < -0.4 is 4.74 Å². The van der Waals surface area contributed by atoms with Gasteiger partial charge in [-0.2, -0.15) is 0 Å². The maximum Gasteiger partial charge on any atom is 0.269 e. The Balaban J connectivity index is 2.07. The van der Waals surface area contributed by atoms with Gasteiger partial charge in [-0.05, 0) is 42.7 Å². The van der Waals surface area contributed by atoms with Crippen LogP contribution in [-0.4, -0.2) is 11.0 Å². The number of hydrogen-bond donors (Lipinski definition) is 0. The largest absolute Gasteiger partial charge is 0.490 e. The molecule has 1 aliphatic rings. The van der Waals surface area contributed by atoms with Gasteiger partial charge in [0.2, 0.25) is 0 Å². The first-order chi connectivity index (χ1) is 9.47.